The number of nitrogens with one attached hydrogen (secondary N) is 2. The van der Waals surface area contributed by atoms with Crippen molar-refractivity contribution in [1.29, 1.82) is 0 Å². The Bertz CT molecular complexity index is 990. The van der Waals surface area contributed by atoms with E-state index in [1.165, 1.54) is 23.5 Å². The summed E-state index contributed by atoms with van der Waals surface area (Å²) in [5, 5.41) is 7.81. The maximum Gasteiger partial charge on any atom is 0.254 e. The fourth-order valence-corrected chi connectivity index (χ4v) is 4.90. The van der Waals surface area contributed by atoms with E-state index in [0.717, 1.165) is 34.6 Å². The molecule has 140 valence electrons. The number of fused-ring (bicyclic) bond motifs is 1. The molecule has 8 heteroatoms. The van der Waals surface area contributed by atoms with E-state index in [9.17, 15) is 9.18 Å². The van der Waals surface area contributed by atoms with Crippen molar-refractivity contribution in [2.75, 3.05) is 5.32 Å². The summed E-state index contributed by atoms with van der Waals surface area (Å²) in [5.74, 6) is -0.559. The van der Waals surface area contributed by atoms with E-state index in [0.29, 0.717) is 15.6 Å². The van der Waals surface area contributed by atoms with Crippen molar-refractivity contribution in [3.63, 3.8) is 0 Å². The van der Waals surface area contributed by atoms with E-state index in [1.54, 1.807) is 24.3 Å². The van der Waals surface area contributed by atoms with Crippen LogP contribution in [0.15, 0.2) is 36.4 Å². The van der Waals surface area contributed by atoms with Crippen molar-refractivity contribution in [1.82, 2.24) is 10.3 Å². The van der Waals surface area contributed by atoms with Crippen molar-refractivity contribution < 1.29 is 9.18 Å². The molecule has 0 aliphatic heterocycles. The summed E-state index contributed by atoms with van der Waals surface area (Å²) in [6.07, 6.45) is 2.74. The topological polar surface area (TPSA) is 54.0 Å². The number of nitrogens with zero attached hydrogens (tertiary/aromatic N) is 1. The van der Waals surface area contributed by atoms with E-state index in [-0.39, 0.29) is 23.8 Å². The summed E-state index contributed by atoms with van der Waals surface area (Å²) >= 11 is 13.7. The number of benzene rings is 2. The quantitative estimate of drug-likeness (QED) is 0.581. The Morgan fingerprint density at radius 3 is 2.67 bits per heavy atom. The van der Waals surface area contributed by atoms with Crippen LogP contribution >= 0.6 is 34.5 Å². The highest BCUT2D eigenvalue weighted by Crippen LogP contribution is 2.31. The maximum absolute atomic E-state index is 13.4. The first-order valence-electron chi connectivity index (χ1n) is 8.59. The normalized spacial score (nSPS) is 19.4. The third-order valence-electron chi connectivity index (χ3n) is 4.68. The highest BCUT2D eigenvalue weighted by molar-refractivity contribution is 7.22. The highest BCUT2D eigenvalue weighted by Gasteiger charge is 2.30. The second-order valence-corrected chi connectivity index (χ2v) is 8.33. The zero-order chi connectivity index (χ0) is 19.0. The van der Waals surface area contributed by atoms with Gasteiger partial charge in [-0.25, -0.2) is 9.37 Å². The fourth-order valence-electron chi connectivity index (χ4n) is 3.38. The molecule has 0 spiro atoms. The van der Waals surface area contributed by atoms with Crippen LogP contribution in [0.3, 0.4) is 0 Å². The Kier molecular flexibility index (Phi) is 5.21. The van der Waals surface area contributed by atoms with Gasteiger partial charge in [0.1, 0.15) is 5.82 Å². The van der Waals surface area contributed by atoms with Gasteiger partial charge >= 0.3 is 0 Å². The van der Waals surface area contributed by atoms with Crippen LogP contribution in [0.2, 0.25) is 10.0 Å². The van der Waals surface area contributed by atoms with Crippen LogP contribution in [0.25, 0.3) is 10.2 Å². The Labute approximate surface area is 169 Å². The molecule has 1 saturated carbocycles. The highest BCUT2D eigenvalue weighted by atomic mass is 35.5. The van der Waals surface area contributed by atoms with Crippen LogP contribution in [-0.2, 0) is 0 Å². The van der Waals surface area contributed by atoms with Crippen molar-refractivity contribution in [3.05, 3.63) is 57.8 Å². The van der Waals surface area contributed by atoms with E-state index in [1.807, 2.05) is 0 Å². The molecule has 4 rings (SSSR count). The van der Waals surface area contributed by atoms with Gasteiger partial charge in [0.2, 0.25) is 0 Å². The third kappa shape index (κ3) is 3.88. The lowest BCUT2D eigenvalue weighted by Gasteiger charge is -2.22. The Hall–Kier alpha value is -1.89. The minimum Gasteiger partial charge on any atom is -0.357 e. The number of rotatable bonds is 4. The number of anilines is 1. The number of amides is 1. The molecule has 1 aliphatic carbocycles. The van der Waals surface area contributed by atoms with Crippen LogP contribution < -0.4 is 10.6 Å². The lowest BCUT2D eigenvalue weighted by molar-refractivity contribution is 0.0936. The predicted octanol–water partition coefficient (Wildman–Crippen LogP) is 5.51. The average Bonchev–Trinajstić information content (AvgIpc) is 3.21. The zero-order valence-electron chi connectivity index (χ0n) is 14.1. The molecule has 27 heavy (non-hydrogen) atoms. The lowest BCUT2D eigenvalue weighted by atomic mass is 10.1. The molecular weight excluding hydrogens is 408 g/mol. The summed E-state index contributed by atoms with van der Waals surface area (Å²) < 4.78 is 14.2. The first-order chi connectivity index (χ1) is 13.0. The third-order valence-corrected chi connectivity index (χ3v) is 6.26. The van der Waals surface area contributed by atoms with Gasteiger partial charge < -0.3 is 10.6 Å². The summed E-state index contributed by atoms with van der Waals surface area (Å²) in [5.41, 5.74) is 1.05. The molecule has 3 aromatic rings. The molecule has 2 unspecified atom stereocenters. The van der Waals surface area contributed by atoms with Gasteiger partial charge in [-0.3, -0.25) is 4.79 Å². The van der Waals surface area contributed by atoms with Gasteiger partial charge in [-0.1, -0.05) is 40.6 Å². The van der Waals surface area contributed by atoms with Gasteiger partial charge in [0, 0.05) is 12.1 Å². The second kappa shape index (κ2) is 7.62. The van der Waals surface area contributed by atoms with Gasteiger partial charge in [0.25, 0.3) is 5.91 Å². The van der Waals surface area contributed by atoms with Gasteiger partial charge in [-0.05, 0) is 49.6 Å². The molecule has 1 fully saturated rings. The van der Waals surface area contributed by atoms with Crippen LogP contribution in [0, 0.1) is 5.82 Å². The van der Waals surface area contributed by atoms with Crippen molar-refractivity contribution in [3.8, 4) is 0 Å². The SMILES string of the molecule is O=C(NC1CCCC1Nc1nc2ccc(F)cc2s1)c1c(Cl)cccc1Cl. The van der Waals surface area contributed by atoms with Gasteiger partial charge in [0.15, 0.2) is 5.13 Å². The predicted molar refractivity (Wildman–Crippen MR) is 109 cm³/mol. The molecule has 2 atom stereocenters. The number of thiazole rings is 1. The number of aromatic nitrogens is 1. The maximum atomic E-state index is 13.4. The number of hydrogen-bond acceptors (Lipinski definition) is 4. The first-order valence-corrected chi connectivity index (χ1v) is 10.2. The number of halogens is 3. The number of carbonyl (C=O) groups excluding carboxylic acids is 1. The average molecular weight is 424 g/mol. The Morgan fingerprint density at radius 1 is 1.15 bits per heavy atom. The molecule has 0 bridgehead atoms. The van der Waals surface area contributed by atoms with E-state index >= 15 is 0 Å². The largest absolute Gasteiger partial charge is 0.357 e. The molecule has 2 N–H and O–H groups in total. The zero-order valence-corrected chi connectivity index (χ0v) is 16.5. The molecule has 0 saturated heterocycles. The van der Waals surface area contributed by atoms with Gasteiger partial charge in [-0.2, -0.15) is 0 Å². The number of hydrogen-bond donors (Lipinski definition) is 2. The van der Waals surface area contributed by atoms with Gasteiger partial charge in [-0.15, -0.1) is 0 Å². The molecule has 1 aliphatic rings. The molecule has 1 heterocycles. The summed E-state index contributed by atoms with van der Waals surface area (Å²) in [4.78, 5) is 17.2. The minimum atomic E-state index is -0.282. The minimum absolute atomic E-state index is 0.0422. The number of carbonyl (C=O) groups is 1. The van der Waals surface area contributed by atoms with Crippen LogP contribution in [-0.4, -0.2) is 23.0 Å². The summed E-state index contributed by atoms with van der Waals surface area (Å²) in [6, 6.07) is 9.52. The van der Waals surface area contributed by atoms with Crippen LogP contribution in [0.4, 0.5) is 9.52 Å². The molecule has 2 aromatic carbocycles. The van der Waals surface area contributed by atoms with Crippen molar-refractivity contribution >= 4 is 55.8 Å². The first kappa shape index (κ1) is 18.5. The van der Waals surface area contributed by atoms with Crippen LogP contribution in [0.1, 0.15) is 29.6 Å². The van der Waals surface area contributed by atoms with Crippen molar-refractivity contribution in [2.45, 2.75) is 31.3 Å². The Morgan fingerprint density at radius 2 is 1.89 bits per heavy atom. The summed E-state index contributed by atoms with van der Waals surface area (Å²) in [6.45, 7) is 0. The monoisotopic (exact) mass is 423 g/mol. The van der Waals surface area contributed by atoms with Gasteiger partial charge in [0.05, 0.1) is 25.8 Å². The van der Waals surface area contributed by atoms with Crippen molar-refractivity contribution in [2.24, 2.45) is 0 Å². The molecule has 4 nitrogen and oxygen atoms in total. The smallest absolute Gasteiger partial charge is 0.254 e. The van der Waals surface area contributed by atoms with E-state index < -0.39 is 0 Å². The van der Waals surface area contributed by atoms with Crippen LogP contribution in [0.5, 0.6) is 0 Å². The van der Waals surface area contributed by atoms with E-state index in [4.69, 9.17) is 23.2 Å². The fraction of sp³-hybridized carbons (Fsp3) is 0.263. The second-order valence-electron chi connectivity index (χ2n) is 6.49. The Balaban J connectivity index is 1.49. The van der Waals surface area contributed by atoms with E-state index in [2.05, 4.69) is 15.6 Å². The molecular formula is C19H16Cl2FN3OS. The molecule has 1 amide bonds. The molecule has 1 aromatic heterocycles. The standard InChI is InChI=1S/C19H16Cl2FN3OS/c20-11-3-1-4-12(21)17(11)18(26)23-13-5-2-6-14(13)24-19-25-15-8-7-10(22)9-16(15)27-19/h1,3-4,7-9,13-14H,2,5-6H2,(H,23,26)(H,24,25). The molecule has 0 radical (unpaired) electrons. The summed E-state index contributed by atoms with van der Waals surface area (Å²) in [7, 11) is 0. The lowest BCUT2D eigenvalue weighted by Crippen LogP contribution is -2.43.